The molecule has 0 bridgehead atoms. The summed E-state index contributed by atoms with van der Waals surface area (Å²) in [6.07, 6.45) is 0.726. The Labute approximate surface area is 174 Å². The van der Waals surface area contributed by atoms with Crippen LogP contribution in [0.5, 0.6) is 0 Å². The third-order valence-corrected chi connectivity index (χ3v) is 5.91. The van der Waals surface area contributed by atoms with E-state index in [2.05, 4.69) is 41.5 Å². The normalized spacial score (nSPS) is 12.0. The van der Waals surface area contributed by atoms with Gasteiger partial charge in [0.1, 0.15) is 0 Å². The Morgan fingerprint density at radius 3 is 2.66 bits per heavy atom. The van der Waals surface area contributed by atoms with E-state index in [0.29, 0.717) is 11.7 Å². The number of carbonyl (C=O) groups is 1. The van der Waals surface area contributed by atoms with Gasteiger partial charge in [0.2, 0.25) is 5.91 Å². The van der Waals surface area contributed by atoms with Gasteiger partial charge in [-0.25, -0.2) is 9.89 Å². The molecule has 3 aromatic rings. The number of hydrogen-bond acceptors (Lipinski definition) is 4. The highest BCUT2D eigenvalue weighted by molar-refractivity contribution is 7.99. The standard InChI is InChI=1S/C22H26N4O2S/c1-15-9-10-19(13-16(15)2)17(3)23-20(27)14-29-22-25-24-21(28)26(22)12-11-18-7-5-4-6-8-18/h4-10,13,17H,11-12,14H2,1-3H3,(H,23,27)(H,24,28)/t17-/m1/s1. The van der Waals surface area contributed by atoms with Gasteiger partial charge in [-0.2, -0.15) is 0 Å². The highest BCUT2D eigenvalue weighted by atomic mass is 32.2. The summed E-state index contributed by atoms with van der Waals surface area (Å²) in [6, 6.07) is 16.1. The summed E-state index contributed by atoms with van der Waals surface area (Å²) in [4.78, 5) is 24.5. The molecule has 1 atom stereocenters. The lowest BCUT2D eigenvalue weighted by atomic mass is 10.0. The van der Waals surface area contributed by atoms with Gasteiger partial charge in [0.05, 0.1) is 11.8 Å². The minimum absolute atomic E-state index is 0.0816. The lowest BCUT2D eigenvalue weighted by Gasteiger charge is -2.15. The second-order valence-corrected chi connectivity index (χ2v) is 8.06. The van der Waals surface area contributed by atoms with Crippen LogP contribution in [0, 0.1) is 13.8 Å². The first-order chi connectivity index (χ1) is 13.9. The van der Waals surface area contributed by atoms with Gasteiger partial charge in [-0.1, -0.05) is 60.3 Å². The van der Waals surface area contributed by atoms with Crippen molar-refractivity contribution in [2.45, 2.75) is 44.9 Å². The Balaban J connectivity index is 1.56. The van der Waals surface area contributed by atoms with Gasteiger partial charge in [-0.05, 0) is 49.4 Å². The van der Waals surface area contributed by atoms with Crippen molar-refractivity contribution in [3.05, 3.63) is 81.3 Å². The Morgan fingerprint density at radius 2 is 1.93 bits per heavy atom. The van der Waals surface area contributed by atoms with E-state index < -0.39 is 0 Å². The molecule has 0 aliphatic rings. The molecule has 0 aliphatic heterocycles. The monoisotopic (exact) mass is 410 g/mol. The number of carbonyl (C=O) groups excluding carboxylic acids is 1. The molecule has 1 amide bonds. The average molecular weight is 411 g/mol. The molecule has 2 aromatic carbocycles. The number of amides is 1. The summed E-state index contributed by atoms with van der Waals surface area (Å²) in [5.74, 6) is 0.107. The zero-order valence-electron chi connectivity index (χ0n) is 16.9. The fraction of sp³-hybridized carbons (Fsp3) is 0.318. The number of nitrogens with one attached hydrogen (secondary N) is 2. The second-order valence-electron chi connectivity index (χ2n) is 7.12. The van der Waals surface area contributed by atoms with Gasteiger partial charge in [0.25, 0.3) is 0 Å². The number of aryl methyl sites for hydroxylation is 3. The van der Waals surface area contributed by atoms with Crippen molar-refractivity contribution in [2.75, 3.05) is 5.75 Å². The summed E-state index contributed by atoms with van der Waals surface area (Å²) in [7, 11) is 0. The molecule has 0 radical (unpaired) electrons. The van der Waals surface area contributed by atoms with Crippen molar-refractivity contribution < 1.29 is 4.79 Å². The van der Waals surface area contributed by atoms with Gasteiger partial charge in [-0.15, -0.1) is 5.10 Å². The number of aromatic amines is 1. The molecule has 2 N–H and O–H groups in total. The molecule has 0 saturated heterocycles. The fourth-order valence-electron chi connectivity index (χ4n) is 3.03. The van der Waals surface area contributed by atoms with E-state index >= 15 is 0 Å². The van der Waals surface area contributed by atoms with Crippen molar-refractivity contribution in [3.8, 4) is 0 Å². The molecule has 1 aromatic heterocycles. The lowest BCUT2D eigenvalue weighted by molar-refractivity contribution is -0.119. The fourth-order valence-corrected chi connectivity index (χ4v) is 3.81. The summed E-state index contributed by atoms with van der Waals surface area (Å²) in [5.41, 5.74) is 4.40. The number of benzene rings is 2. The van der Waals surface area contributed by atoms with E-state index in [4.69, 9.17) is 0 Å². The van der Waals surface area contributed by atoms with Crippen LogP contribution in [0.1, 0.15) is 35.2 Å². The molecule has 0 fully saturated rings. The first-order valence-electron chi connectivity index (χ1n) is 9.62. The largest absolute Gasteiger partial charge is 0.349 e. The molecule has 0 saturated carbocycles. The predicted octanol–water partition coefficient (Wildman–Crippen LogP) is 3.40. The highest BCUT2D eigenvalue weighted by Crippen LogP contribution is 2.18. The Morgan fingerprint density at radius 1 is 1.17 bits per heavy atom. The van der Waals surface area contributed by atoms with Crippen LogP contribution in [-0.2, 0) is 17.8 Å². The van der Waals surface area contributed by atoms with Gasteiger partial charge >= 0.3 is 5.69 Å². The summed E-state index contributed by atoms with van der Waals surface area (Å²) >= 11 is 1.26. The lowest BCUT2D eigenvalue weighted by Crippen LogP contribution is -2.28. The van der Waals surface area contributed by atoms with Gasteiger partial charge in [0, 0.05) is 6.54 Å². The maximum Gasteiger partial charge on any atom is 0.343 e. The van der Waals surface area contributed by atoms with Crippen molar-refractivity contribution in [1.82, 2.24) is 20.1 Å². The minimum Gasteiger partial charge on any atom is -0.349 e. The minimum atomic E-state index is -0.257. The third kappa shape index (κ3) is 5.60. The average Bonchev–Trinajstić information content (AvgIpc) is 3.07. The van der Waals surface area contributed by atoms with Crippen LogP contribution in [0.3, 0.4) is 0 Å². The van der Waals surface area contributed by atoms with Crippen molar-refractivity contribution in [1.29, 1.82) is 0 Å². The van der Waals surface area contributed by atoms with Gasteiger partial charge in [-0.3, -0.25) is 9.36 Å². The van der Waals surface area contributed by atoms with Crippen LogP contribution in [0.15, 0.2) is 58.5 Å². The first kappa shape index (κ1) is 20.9. The molecular weight excluding hydrogens is 384 g/mol. The molecular formula is C22H26N4O2S. The van der Waals surface area contributed by atoms with E-state index in [1.807, 2.05) is 43.3 Å². The van der Waals surface area contributed by atoms with Gasteiger partial charge < -0.3 is 5.32 Å². The van der Waals surface area contributed by atoms with Crippen LogP contribution in [0.2, 0.25) is 0 Å². The molecule has 7 heteroatoms. The van der Waals surface area contributed by atoms with Crippen molar-refractivity contribution in [2.24, 2.45) is 0 Å². The van der Waals surface area contributed by atoms with Crippen LogP contribution >= 0.6 is 11.8 Å². The highest BCUT2D eigenvalue weighted by Gasteiger charge is 2.14. The van der Waals surface area contributed by atoms with Crippen LogP contribution in [0.25, 0.3) is 0 Å². The number of rotatable bonds is 8. The molecule has 1 heterocycles. The zero-order valence-corrected chi connectivity index (χ0v) is 17.8. The molecule has 0 spiro atoms. The van der Waals surface area contributed by atoms with Crippen molar-refractivity contribution >= 4 is 17.7 Å². The Bertz CT molecular complexity index is 1030. The summed E-state index contributed by atoms with van der Waals surface area (Å²) in [6.45, 7) is 6.62. The van der Waals surface area contributed by atoms with Crippen LogP contribution in [0.4, 0.5) is 0 Å². The zero-order chi connectivity index (χ0) is 20.8. The molecule has 3 rings (SSSR count). The maximum atomic E-state index is 12.4. The first-order valence-corrected chi connectivity index (χ1v) is 10.6. The summed E-state index contributed by atoms with van der Waals surface area (Å²) in [5, 5.41) is 10.1. The van der Waals surface area contributed by atoms with Crippen molar-refractivity contribution in [3.63, 3.8) is 0 Å². The second kappa shape index (κ2) is 9.60. The maximum absolute atomic E-state index is 12.4. The van der Waals surface area contributed by atoms with Crippen LogP contribution < -0.4 is 11.0 Å². The predicted molar refractivity (Wildman–Crippen MR) is 116 cm³/mol. The Kier molecular flexibility index (Phi) is 6.93. The SMILES string of the molecule is Cc1ccc([C@@H](C)NC(=O)CSc2n[nH]c(=O)n2CCc2ccccc2)cc1C. The van der Waals surface area contributed by atoms with E-state index in [-0.39, 0.29) is 23.4 Å². The number of H-pyrrole nitrogens is 1. The number of aromatic nitrogens is 3. The van der Waals surface area contributed by atoms with E-state index in [0.717, 1.165) is 17.5 Å². The smallest absolute Gasteiger partial charge is 0.343 e. The number of nitrogens with zero attached hydrogens (tertiary/aromatic N) is 2. The summed E-state index contributed by atoms with van der Waals surface area (Å²) < 4.78 is 1.58. The molecule has 6 nitrogen and oxygen atoms in total. The van der Waals surface area contributed by atoms with E-state index in [9.17, 15) is 9.59 Å². The number of thioether (sulfide) groups is 1. The van der Waals surface area contributed by atoms with Crippen LogP contribution in [-0.4, -0.2) is 26.4 Å². The quantitative estimate of drug-likeness (QED) is 0.558. The van der Waals surface area contributed by atoms with E-state index in [1.54, 1.807) is 4.57 Å². The molecule has 0 unspecified atom stereocenters. The Hall–Kier alpha value is -2.80. The third-order valence-electron chi connectivity index (χ3n) is 4.93. The molecule has 0 aliphatic carbocycles. The number of hydrogen-bond donors (Lipinski definition) is 2. The van der Waals surface area contributed by atoms with Gasteiger partial charge in [0.15, 0.2) is 5.16 Å². The van der Waals surface area contributed by atoms with E-state index in [1.165, 1.54) is 22.9 Å². The topological polar surface area (TPSA) is 79.8 Å². The molecule has 29 heavy (non-hydrogen) atoms. The molecule has 152 valence electrons.